The van der Waals surface area contributed by atoms with Crippen molar-refractivity contribution in [2.75, 3.05) is 6.54 Å². The van der Waals surface area contributed by atoms with E-state index in [1.165, 1.54) is 31.4 Å². The first-order valence-electron chi connectivity index (χ1n) is 4.75. The van der Waals surface area contributed by atoms with Crippen molar-refractivity contribution >= 4 is 12.4 Å². The predicted molar refractivity (Wildman–Crippen MR) is 58.3 cm³/mol. The van der Waals surface area contributed by atoms with Crippen LogP contribution in [-0.2, 0) is 0 Å². The van der Waals surface area contributed by atoms with Crippen LogP contribution in [0.15, 0.2) is 30.3 Å². The zero-order valence-corrected chi connectivity index (χ0v) is 8.52. The number of halogens is 1. The first-order chi connectivity index (χ1) is 5.97. The van der Waals surface area contributed by atoms with E-state index in [1.807, 2.05) is 0 Å². The van der Waals surface area contributed by atoms with Gasteiger partial charge in [-0.1, -0.05) is 36.8 Å². The normalized spacial score (nSPS) is 22.0. The molecule has 0 radical (unpaired) electrons. The highest BCUT2D eigenvalue weighted by atomic mass is 35.5. The molecule has 1 aliphatic heterocycles. The summed E-state index contributed by atoms with van der Waals surface area (Å²) in [4.78, 5) is 0. The van der Waals surface area contributed by atoms with Crippen LogP contribution in [0.1, 0.15) is 30.9 Å². The molecule has 1 saturated heterocycles. The zero-order valence-electron chi connectivity index (χ0n) is 7.70. The molecule has 0 aliphatic carbocycles. The highest BCUT2D eigenvalue weighted by Gasteiger charge is 2.13. The van der Waals surface area contributed by atoms with Crippen LogP contribution in [0.2, 0.25) is 0 Å². The fraction of sp³-hybridized carbons (Fsp3) is 0.455. The maximum absolute atomic E-state index is 3.54. The molecule has 0 amide bonds. The van der Waals surface area contributed by atoms with Crippen LogP contribution < -0.4 is 5.32 Å². The second-order valence-corrected chi connectivity index (χ2v) is 3.41. The molecule has 0 saturated carbocycles. The van der Waals surface area contributed by atoms with Gasteiger partial charge in [0.1, 0.15) is 0 Å². The number of benzene rings is 1. The molecule has 0 spiro atoms. The lowest BCUT2D eigenvalue weighted by Crippen LogP contribution is -2.26. The molecule has 0 aromatic heterocycles. The molecule has 1 aromatic rings. The number of nitrogens with one attached hydrogen (secondary N) is 1. The molecule has 1 fully saturated rings. The van der Waals surface area contributed by atoms with Crippen LogP contribution in [0.3, 0.4) is 0 Å². The molecule has 1 atom stereocenters. The average Bonchev–Trinajstić information content (AvgIpc) is 2.21. The Bertz CT molecular complexity index is 229. The molecule has 1 aliphatic rings. The van der Waals surface area contributed by atoms with E-state index >= 15 is 0 Å². The quantitative estimate of drug-likeness (QED) is 0.730. The van der Waals surface area contributed by atoms with E-state index < -0.39 is 0 Å². The summed E-state index contributed by atoms with van der Waals surface area (Å²) >= 11 is 0. The third kappa shape index (κ3) is 2.71. The highest BCUT2D eigenvalue weighted by Crippen LogP contribution is 2.21. The lowest BCUT2D eigenvalue weighted by Gasteiger charge is -2.23. The summed E-state index contributed by atoms with van der Waals surface area (Å²) in [5, 5.41) is 3.54. The van der Waals surface area contributed by atoms with Crippen LogP contribution in [0.5, 0.6) is 0 Å². The van der Waals surface area contributed by atoms with Crippen LogP contribution in [-0.4, -0.2) is 6.54 Å². The van der Waals surface area contributed by atoms with Crippen molar-refractivity contribution in [3.63, 3.8) is 0 Å². The van der Waals surface area contributed by atoms with E-state index in [0.717, 1.165) is 0 Å². The topological polar surface area (TPSA) is 12.0 Å². The largest absolute Gasteiger partial charge is 0.310 e. The van der Waals surface area contributed by atoms with Gasteiger partial charge in [0.15, 0.2) is 0 Å². The van der Waals surface area contributed by atoms with Gasteiger partial charge in [-0.05, 0) is 24.9 Å². The van der Waals surface area contributed by atoms with Gasteiger partial charge in [0, 0.05) is 6.04 Å². The van der Waals surface area contributed by atoms with Crippen LogP contribution in [0.25, 0.3) is 0 Å². The van der Waals surface area contributed by atoms with Crippen molar-refractivity contribution in [3.8, 4) is 0 Å². The first kappa shape index (κ1) is 10.6. The van der Waals surface area contributed by atoms with E-state index in [0.29, 0.717) is 6.04 Å². The number of piperidine rings is 1. The maximum Gasteiger partial charge on any atom is 0.0320 e. The first-order valence-corrected chi connectivity index (χ1v) is 4.75. The van der Waals surface area contributed by atoms with Gasteiger partial charge in [0.25, 0.3) is 0 Å². The molecular formula is C11H16ClN. The standard InChI is InChI=1S/C11H15N.ClH/c1-2-6-10(7-3-1)11-8-4-5-9-12-11;/h1-3,6-7,11-12H,4-5,8-9H2;1H. The van der Waals surface area contributed by atoms with Crippen LogP contribution in [0, 0.1) is 0 Å². The van der Waals surface area contributed by atoms with Crippen molar-refractivity contribution in [1.82, 2.24) is 5.32 Å². The molecule has 1 heterocycles. The molecule has 1 unspecified atom stereocenters. The summed E-state index contributed by atoms with van der Waals surface area (Å²) in [5.74, 6) is 0. The second kappa shape index (κ2) is 5.25. The van der Waals surface area contributed by atoms with E-state index in [1.54, 1.807) is 0 Å². The van der Waals surface area contributed by atoms with Crippen molar-refractivity contribution < 1.29 is 0 Å². The Morgan fingerprint density at radius 3 is 2.46 bits per heavy atom. The second-order valence-electron chi connectivity index (χ2n) is 3.41. The Balaban J connectivity index is 0.000000845. The monoisotopic (exact) mass is 197 g/mol. The summed E-state index contributed by atoms with van der Waals surface area (Å²) in [6.07, 6.45) is 4.00. The van der Waals surface area contributed by atoms with Gasteiger partial charge in [-0.15, -0.1) is 12.4 Å². The molecule has 13 heavy (non-hydrogen) atoms. The zero-order chi connectivity index (χ0) is 8.23. The fourth-order valence-corrected chi connectivity index (χ4v) is 1.82. The minimum atomic E-state index is 0. The fourth-order valence-electron chi connectivity index (χ4n) is 1.82. The number of hydrogen-bond acceptors (Lipinski definition) is 1. The van der Waals surface area contributed by atoms with E-state index in [4.69, 9.17) is 0 Å². The molecule has 2 heteroatoms. The van der Waals surface area contributed by atoms with Gasteiger partial charge < -0.3 is 5.32 Å². The summed E-state index contributed by atoms with van der Waals surface area (Å²) < 4.78 is 0. The Kier molecular flexibility index (Phi) is 4.26. The summed E-state index contributed by atoms with van der Waals surface area (Å²) in [5.41, 5.74) is 1.44. The maximum atomic E-state index is 3.54. The molecule has 1 aromatic carbocycles. The lowest BCUT2D eigenvalue weighted by molar-refractivity contribution is 0.412. The molecule has 72 valence electrons. The van der Waals surface area contributed by atoms with E-state index in [2.05, 4.69) is 35.6 Å². The van der Waals surface area contributed by atoms with Crippen molar-refractivity contribution in [2.45, 2.75) is 25.3 Å². The third-order valence-corrected chi connectivity index (χ3v) is 2.51. The third-order valence-electron chi connectivity index (χ3n) is 2.51. The summed E-state index contributed by atoms with van der Waals surface area (Å²) in [7, 11) is 0. The SMILES string of the molecule is Cl.c1ccc(C2CCCCN2)cc1. The molecule has 1 N–H and O–H groups in total. The lowest BCUT2D eigenvalue weighted by atomic mass is 9.98. The molecule has 2 rings (SSSR count). The minimum absolute atomic E-state index is 0. The number of rotatable bonds is 1. The van der Waals surface area contributed by atoms with Crippen LogP contribution in [0.4, 0.5) is 0 Å². The van der Waals surface area contributed by atoms with E-state index in [-0.39, 0.29) is 12.4 Å². The van der Waals surface area contributed by atoms with Crippen molar-refractivity contribution in [3.05, 3.63) is 35.9 Å². The summed E-state index contributed by atoms with van der Waals surface area (Å²) in [6.45, 7) is 1.18. The molecule has 1 nitrogen and oxygen atoms in total. The smallest absolute Gasteiger partial charge is 0.0320 e. The average molecular weight is 198 g/mol. The van der Waals surface area contributed by atoms with E-state index in [9.17, 15) is 0 Å². The van der Waals surface area contributed by atoms with Gasteiger partial charge in [0.2, 0.25) is 0 Å². The van der Waals surface area contributed by atoms with Gasteiger partial charge in [0.05, 0.1) is 0 Å². The Morgan fingerprint density at radius 1 is 1.08 bits per heavy atom. The van der Waals surface area contributed by atoms with Gasteiger partial charge >= 0.3 is 0 Å². The van der Waals surface area contributed by atoms with Crippen molar-refractivity contribution in [2.24, 2.45) is 0 Å². The van der Waals surface area contributed by atoms with Crippen molar-refractivity contribution in [1.29, 1.82) is 0 Å². The summed E-state index contributed by atoms with van der Waals surface area (Å²) in [6, 6.07) is 11.3. The Labute approximate surface area is 86.0 Å². The minimum Gasteiger partial charge on any atom is -0.310 e. The Morgan fingerprint density at radius 2 is 1.85 bits per heavy atom. The number of hydrogen-bond donors (Lipinski definition) is 1. The van der Waals surface area contributed by atoms with Gasteiger partial charge in [-0.3, -0.25) is 0 Å². The van der Waals surface area contributed by atoms with Crippen LogP contribution >= 0.6 is 12.4 Å². The van der Waals surface area contributed by atoms with Gasteiger partial charge in [-0.2, -0.15) is 0 Å². The molecular weight excluding hydrogens is 182 g/mol. The molecule has 0 bridgehead atoms. The Hall–Kier alpha value is -0.530. The predicted octanol–water partition coefficient (Wildman–Crippen LogP) is 2.92. The highest BCUT2D eigenvalue weighted by molar-refractivity contribution is 5.85. The van der Waals surface area contributed by atoms with Gasteiger partial charge in [-0.25, -0.2) is 0 Å².